The third-order valence-electron chi connectivity index (χ3n) is 2.53. The molecule has 0 saturated carbocycles. The predicted molar refractivity (Wildman–Crippen MR) is 78.5 cm³/mol. The quantitative estimate of drug-likeness (QED) is 0.888. The molecule has 1 N–H and O–H groups in total. The lowest BCUT2D eigenvalue weighted by atomic mass is 10.5. The van der Waals surface area contributed by atoms with E-state index in [2.05, 4.69) is 15.3 Å². The van der Waals surface area contributed by atoms with E-state index < -0.39 is 0 Å². The molecule has 2 aromatic rings. The fourth-order valence-electron chi connectivity index (χ4n) is 1.63. The van der Waals surface area contributed by atoms with E-state index >= 15 is 0 Å². The van der Waals surface area contributed by atoms with Crippen molar-refractivity contribution in [3.63, 3.8) is 0 Å². The number of amides is 1. The smallest absolute Gasteiger partial charge is 0.225 e. The van der Waals surface area contributed by atoms with Crippen molar-refractivity contribution in [3.8, 4) is 0 Å². The Morgan fingerprint density at radius 2 is 2.26 bits per heavy atom. The molecule has 2 rings (SSSR count). The number of hydrogen-bond donors (Lipinski definition) is 1. The van der Waals surface area contributed by atoms with Crippen LogP contribution in [0.15, 0.2) is 17.0 Å². The number of thiazole rings is 2. The van der Waals surface area contributed by atoms with Crippen molar-refractivity contribution in [3.05, 3.63) is 27.7 Å². The highest BCUT2D eigenvalue weighted by Gasteiger charge is 2.13. The standard InChI is InChI=1S/C12H16N4OS2/c1-3-16(9(2)17)12-15-10(8-19-12)6-13-7-11-14-4-5-18-11/h4-5,8,13H,3,6-7H2,1-2H3. The largest absolute Gasteiger partial charge is 0.305 e. The number of nitrogens with zero attached hydrogens (tertiary/aromatic N) is 3. The van der Waals surface area contributed by atoms with Crippen molar-refractivity contribution < 1.29 is 4.79 Å². The first-order chi connectivity index (χ1) is 9.20. The third kappa shape index (κ3) is 3.82. The van der Waals surface area contributed by atoms with Crippen LogP contribution in [0.3, 0.4) is 0 Å². The average Bonchev–Trinajstić information content (AvgIpc) is 3.02. The highest BCUT2D eigenvalue weighted by Crippen LogP contribution is 2.20. The summed E-state index contributed by atoms with van der Waals surface area (Å²) in [6.07, 6.45) is 1.80. The molecule has 7 heteroatoms. The highest BCUT2D eigenvalue weighted by molar-refractivity contribution is 7.14. The van der Waals surface area contributed by atoms with Gasteiger partial charge in [-0.1, -0.05) is 0 Å². The van der Waals surface area contributed by atoms with Gasteiger partial charge in [0.15, 0.2) is 5.13 Å². The minimum Gasteiger partial charge on any atom is -0.305 e. The summed E-state index contributed by atoms with van der Waals surface area (Å²) in [5.74, 6) is 0.0270. The Morgan fingerprint density at radius 1 is 1.42 bits per heavy atom. The Labute approximate surface area is 120 Å². The topological polar surface area (TPSA) is 58.1 Å². The molecule has 5 nitrogen and oxygen atoms in total. The molecule has 1 amide bonds. The zero-order chi connectivity index (χ0) is 13.7. The van der Waals surface area contributed by atoms with E-state index in [9.17, 15) is 4.79 Å². The molecule has 0 radical (unpaired) electrons. The number of rotatable bonds is 6. The molecule has 0 spiro atoms. The van der Waals surface area contributed by atoms with Crippen molar-refractivity contribution >= 4 is 33.7 Å². The van der Waals surface area contributed by atoms with Crippen LogP contribution in [-0.2, 0) is 17.9 Å². The Morgan fingerprint density at radius 3 is 2.89 bits per heavy atom. The Balaban J connectivity index is 1.88. The summed E-state index contributed by atoms with van der Waals surface area (Å²) in [6.45, 7) is 5.59. The maximum absolute atomic E-state index is 11.4. The maximum atomic E-state index is 11.4. The molecule has 0 aliphatic rings. The normalized spacial score (nSPS) is 10.6. The highest BCUT2D eigenvalue weighted by atomic mass is 32.1. The van der Waals surface area contributed by atoms with Crippen LogP contribution >= 0.6 is 22.7 Å². The molecule has 0 unspecified atom stereocenters. The van der Waals surface area contributed by atoms with E-state index in [1.54, 1.807) is 29.4 Å². The number of hydrogen-bond acceptors (Lipinski definition) is 6. The van der Waals surface area contributed by atoms with Gasteiger partial charge < -0.3 is 5.32 Å². The van der Waals surface area contributed by atoms with Gasteiger partial charge in [-0.3, -0.25) is 9.69 Å². The van der Waals surface area contributed by atoms with E-state index in [-0.39, 0.29) is 5.91 Å². The van der Waals surface area contributed by atoms with E-state index in [0.717, 1.165) is 22.4 Å². The van der Waals surface area contributed by atoms with Crippen molar-refractivity contribution in [2.24, 2.45) is 0 Å². The van der Waals surface area contributed by atoms with Gasteiger partial charge in [0, 0.05) is 43.5 Å². The number of carbonyl (C=O) groups excluding carboxylic acids is 1. The molecule has 0 aliphatic carbocycles. The lowest BCUT2D eigenvalue weighted by molar-refractivity contribution is -0.116. The molecule has 0 saturated heterocycles. The SMILES string of the molecule is CCN(C(C)=O)c1nc(CNCc2nccs2)cs1. The molecular weight excluding hydrogens is 280 g/mol. The van der Waals surface area contributed by atoms with Gasteiger partial charge in [0.1, 0.15) is 5.01 Å². The minimum atomic E-state index is 0.0270. The van der Waals surface area contributed by atoms with Gasteiger partial charge in [0.25, 0.3) is 0 Å². The van der Waals surface area contributed by atoms with Crippen LogP contribution in [0, 0.1) is 0 Å². The van der Waals surface area contributed by atoms with Crippen LogP contribution in [0.25, 0.3) is 0 Å². The van der Waals surface area contributed by atoms with E-state index in [4.69, 9.17) is 0 Å². The molecular formula is C12H16N4OS2. The molecule has 0 aromatic carbocycles. The third-order valence-corrected chi connectivity index (χ3v) is 4.22. The Hall–Kier alpha value is -1.31. The van der Waals surface area contributed by atoms with Gasteiger partial charge in [0.2, 0.25) is 5.91 Å². The molecule has 0 bridgehead atoms. The van der Waals surface area contributed by atoms with Gasteiger partial charge in [-0.05, 0) is 6.92 Å². The zero-order valence-corrected chi connectivity index (χ0v) is 12.6. The summed E-state index contributed by atoms with van der Waals surface area (Å²) in [5, 5.41) is 9.07. The van der Waals surface area contributed by atoms with Crippen LogP contribution in [0.4, 0.5) is 5.13 Å². The van der Waals surface area contributed by atoms with E-state index in [1.807, 2.05) is 17.7 Å². The number of nitrogens with one attached hydrogen (secondary N) is 1. The van der Waals surface area contributed by atoms with E-state index in [1.165, 1.54) is 11.3 Å². The van der Waals surface area contributed by atoms with Crippen molar-refractivity contribution in [1.29, 1.82) is 0 Å². The molecule has 0 fully saturated rings. The summed E-state index contributed by atoms with van der Waals surface area (Å²) >= 11 is 3.13. The molecule has 0 aliphatic heterocycles. The number of carbonyl (C=O) groups is 1. The fraction of sp³-hybridized carbons (Fsp3) is 0.417. The monoisotopic (exact) mass is 296 g/mol. The lowest BCUT2D eigenvalue weighted by Gasteiger charge is -2.14. The molecule has 19 heavy (non-hydrogen) atoms. The van der Waals surface area contributed by atoms with Crippen LogP contribution in [0.2, 0.25) is 0 Å². The van der Waals surface area contributed by atoms with Crippen LogP contribution in [0.5, 0.6) is 0 Å². The fourth-order valence-corrected chi connectivity index (χ4v) is 3.15. The van der Waals surface area contributed by atoms with Crippen molar-refractivity contribution in [2.45, 2.75) is 26.9 Å². The zero-order valence-electron chi connectivity index (χ0n) is 10.9. The van der Waals surface area contributed by atoms with Crippen LogP contribution < -0.4 is 10.2 Å². The van der Waals surface area contributed by atoms with Gasteiger partial charge in [-0.25, -0.2) is 9.97 Å². The molecule has 0 atom stereocenters. The van der Waals surface area contributed by atoms with Crippen LogP contribution in [-0.4, -0.2) is 22.4 Å². The van der Waals surface area contributed by atoms with Crippen molar-refractivity contribution in [1.82, 2.24) is 15.3 Å². The predicted octanol–water partition coefficient (Wildman–Crippen LogP) is 2.26. The molecule has 102 valence electrons. The summed E-state index contributed by atoms with van der Waals surface area (Å²) in [5.41, 5.74) is 0.955. The second-order valence-electron chi connectivity index (χ2n) is 3.91. The first-order valence-corrected chi connectivity index (χ1v) is 7.78. The second-order valence-corrected chi connectivity index (χ2v) is 5.73. The van der Waals surface area contributed by atoms with Crippen molar-refractivity contribution in [2.75, 3.05) is 11.4 Å². The van der Waals surface area contributed by atoms with E-state index in [0.29, 0.717) is 13.1 Å². The average molecular weight is 296 g/mol. The first kappa shape index (κ1) is 14.1. The Bertz CT molecular complexity index is 524. The minimum absolute atomic E-state index is 0.0270. The van der Waals surface area contributed by atoms with Gasteiger partial charge in [-0.15, -0.1) is 22.7 Å². The first-order valence-electron chi connectivity index (χ1n) is 6.02. The number of anilines is 1. The summed E-state index contributed by atoms with van der Waals surface area (Å²) in [7, 11) is 0. The summed E-state index contributed by atoms with van der Waals surface area (Å²) < 4.78 is 0. The summed E-state index contributed by atoms with van der Waals surface area (Å²) in [6, 6.07) is 0. The second kappa shape index (κ2) is 6.74. The van der Waals surface area contributed by atoms with Gasteiger partial charge in [-0.2, -0.15) is 0 Å². The van der Waals surface area contributed by atoms with Crippen LogP contribution in [0.1, 0.15) is 24.5 Å². The lowest BCUT2D eigenvalue weighted by Crippen LogP contribution is -2.27. The van der Waals surface area contributed by atoms with Gasteiger partial charge in [0.05, 0.1) is 5.69 Å². The maximum Gasteiger partial charge on any atom is 0.225 e. The number of aromatic nitrogens is 2. The van der Waals surface area contributed by atoms with Gasteiger partial charge >= 0.3 is 0 Å². The molecule has 2 heterocycles. The Kier molecular flexibility index (Phi) is 5.00. The summed E-state index contributed by atoms with van der Waals surface area (Å²) in [4.78, 5) is 21.8. The molecule has 2 aromatic heterocycles.